The highest BCUT2D eigenvalue weighted by atomic mass is 35.5. The zero-order valence-corrected chi connectivity index (χ0v) is 23.8. The van der Waals surface area contributed by atoms with Crippen LogP contribution in [0.4, 0.5) is 0 Å². The average Bonchev–Trinajstić information content (AvgIpc) is 3.52. The first-order chi connectivity index (χ1) is 18.2. The van der Waals surface area contributed by atoms with Crippen molar-refractivity contribution in [2.75, 3.05) is 13.2 Å². The van der Waals surface area contributed by atoms with Gasteiger partial charge in [-0.3, -0.25) is 9.97 Å². The van der Waals surface area contributed by atoms with Crippen molar-refractivity contribution < 1.29 is 9.84 Å². The second kappa shape index (κ2) is 9.41. The van der Waals surface area contributed by atoms with E-state index in [4.69, 9.17) is 26.3 Å². The van der Waals surface area contributed by atoms with Crippen LogP contribution in [0.2, 0.25) is 5.02 Å². The van der Waals surface area contributed by atoms with E-state index in [9.17, 15) is 5.11 Å². The number of aliphatic hydroxyl groups is 1. The topological polar surface area (TPSA) is 90.9 Å². The smallest absolute Gasteiger partial charge is 0.106 e. The lowest BCUT2D eigenvalue weighted by molar-refractivity contribution is 0.0547. The molecule has 0 aliphatic carbocycles. The van der Waals surface area contributed by atoms with E-state index in [1.807, 2.05) is 32.4 Å². The van der Waals surface area contributed by atoms with Gasteiger partial charge in [-0.2, -0.15) is 0 Å². The van der Waals surface area contributed by atoms with Gasteiger partial charge in [0, 0.05) is 38.2 Å². The molecule has 0 saturated carbocycles. The molecule has 1 atom stereocenters. The van der Waals surface area contributed by atoms with E-state index in [0.29, 0.717) is 24.2 Å². The van der Waals surface area contributed by atoms with Gasteiger partial charge in [-0.15, -0.1) is 16.4 Å². The third-order valence-corrected chi connectivity index (χ3v) is 9.53. The molecule has 1 aliphatic heterocycles. The third kappa shape index (κ3) is 4.04. The summed E-state index contributed by atoms with van der Waals surface area (Å²) in [5, 5.41) is 20.0. The van der Waals surface area contributed by atoms with E-state index in [1.54, 1.807) is 18.5 Å². The maximum absolute atomic E-state index is 11.0. The zero-order valence-electron chi connectivity index (χ0n) is 22.2. The lowest BCUT2D eigenvalue weighted by Crippen LogP contribution is -2.28. The van der Waals surface area contributed by atoms with Crippen molar-refractivity contribution in [3.63, 3.8) is 0 Å². The second-order valence-electron chi connectivity index (χ2n) is 10.7. The molecule has 0 spiro atoms. The lowest BCUT2D eigenvalue weighted by atomic mass is 9.87. The van der Waals surface area contributed by atoms with E-state index in [2.05, 4.69) is 33.9 Å². The van der Waals surface area contributed by atoms with Gasteiger partial charge < -0.3 is 14.4 Å². The molecule has 6 rings (SSSR count). The van der Waals surface area contributed by atoms with Crippen molar-refractivity contribution in [1.82, 2.24) is 29.5 Å². The van der Waals surface area contributed by atoms with Gasteiger partial charge >= 0.3 is 0 Å². The minimum Gasteiger partial charge on any atom is -0.385 e. The van der Waals surface area contributed by atoms with E-state index in [0.717, 1.165) is 67.2 Å². The van der Waals surface area contributed by atoms with E-state index < -0.39 is 5.60 Å². The van der Waals surface area contributed by atoms with Crippen molar-refractivity contribution in [2.45, 2.75) is 52.2 Å². The Morgan fingerprint density at radius 2 is 1.97 bits per heavy atom. The number of hydrogen-bond acceptors (Lipinski definition) is 7. The molecule has 5 aromatic heterocycles. The van der Waals surface area contributed by atoms with Crippen LogP contribution < -0.4 is 0 Å². The van der Waals surface area contributed by atoms with E-state index in [1.165, 1.54) is 11.3 Å². The van der Waals surface area contributed by atoms with Gasteiger partial charge in [0.25, 0.3) is 0 Å². The van der Waals surface area contributed by atoms with Gasteiger partial charge in [-0.05, 0) is 64.2 Å². The fourth-order valence-corrected chi connectivity index (χ4v) is 7.55. The Bertz CT molecular complexity index is 1640. The van der Waals surface area contributed by atoms with E-state index >= 15 is 0 Å². The number of pyridine rings is 2. The highest BCUT2D eigenvalue weighted by Gasteiger charge is 2.35. The largest absolute Gasteiger partial charge is 0.385 e. The summed E-state index contributed by atoms with van der Waals surface area (Å²) in [4.78, 5) is 10.6. The van der Waals surface area contributed by atoms with Crippen LogP contribution in [0, 0.1) is 19.8 Å². The minimum atomic E-state index is -1.08. The predicted molar refractivity (Wildman–Crippen MR) is 151 cm³/mol. The summed E-state index contributed by atoms with van der Waals surface area (Å²) in [6, 6.07) is 6.18. The van der Waals surface area contributed by atoms with Crippen molar-refractivity contribution in [3.05, 3.63) is 57.4 Å². The Kier molecular flexibility index (Phi) is 6.30. The van der Waals surface area contributed by atoms with Crippen LogP contribution in [-0.2, 0) is 17.4 Å². The second-order valence-corrected chi connectivity index (χ2v) is 12.1. The first-order valence-electron chi connectivity index (χ1n) is 12.9. The summed E-state index contributed by atoms with van der Waals surface area (Å²) < 4.78 is 10.8. The number of aromatic nitrogens is 6. The van der Waals surface area contributed by atoms with Gasteiger partial charge in [0.1, 0.15) is 5.52 Å². The van der Waals surface area contributed by atoms with Crippen LogP contribution in [0.15, 0.2) is 30.6 Å². The number of thiophene rings is 1. The number of rotatable bonds is 5. The Morgan fingerprint density at radius 1 is 1.21 bits per heavy atom. The summed E-state index contributed by atoms with van der Waals surface area (Å²) in [5.41, 5.74) is 6.53. The van der Waals surface area contributed by atoms with Crippen LogP contribution >= 0.6 is 22.9 Å². The van der Waals surface area contributed by atoms with Crippen LogP contribution in [-0.4, -0.2) is 47.8 Å². The SMILES string of the molecule is Cc1cccnc1C(C1CCOCC1)n1c2cc(-c3c(C)nnn3C)cnc2c2sc(C(C)(C)O)c(Cl)c21. The van der Waals surface area contributed by atoms with Crippen molar-refractivity contribution in [1.29, 1.82) is 0 Å². The van der Waals surface area contributed by atoms with Crippen LogP contribution in [0.1, 0.15) is 54.6 Å². The summed E-state index contributed by atoms with van der Waals surface area (Å²) in [6.45, 7) is 9.05. The molecule has 0 radical (unpaired) electrons. The molecule has 0 amide bonds. The summed E-state index contributed by atoms with van der Waals surface area (Å²) >= 11 is 8.67. The molecule has 10 heteroatoms. The van der Waals surface area contributed by atoms with Crippen molar-refractivity contribution in [3.8, 4) is 11.3 Å². The van der Waals surface area contributed by atoms with E-state index in [-0.39, 0.29) is 6.04 Å². The summed E-state index contributed by atoms with van der Waals surface area (Å²) in [5.74, 6) is 0.293. The average molecular weight is 551 g/mol. The van der Waals surface area contributed by atoms with Crippen LogP contribution in [0.25, 0.3) is 32.5 Å². The molecule has 1 N–H and O–H groups in total. The minimum absolute atomic E-state index is 0.0790. The Balaban J connectivity index is 1.72. The highest BCUT2D eigenvalue weighted by Crippen LogP contribution is 2.49. The number of hydrogen-bond donors (Lipinski definition) is 1. The van der Waals surface area contributed by atoms with Crippen LogP contribution in [0.5, 0.6) is 0 Å². The molecule has 5 aromatic rings. The van der Waals surface area contributed by atoms with Gasteiger partial charge in [0.2, 0.25) is 0 Å². The predicted octanol–water partition coefficient (Wildman–Crippen LogP) is 5.96. The molecule has 6 heterocycles. The fraction of sp³-hybridized carbons (Fsp3) is 0.429. The van der Waals surface area contributed by atoms with Gasteiger partial charge in [0.15, 0.2) is 0 Å². The number of fused-ring (bicyclic) bond motifs is 3. The summed E-state index contributed by atoms with van der Waals surface area (Å²) in [6.07, 6.45) is 5.58. The molecular formula is C28H31ClN6O2S. The molecule has 1 fully saturated rings. The Hall–Kier alpha value is -2.85. The third-order valence-electron chi connectivity index (χ3n) is 7.55. The first-order valence-corrected chi connectivity index (χ1v) is 14.1. The van der Waals surface area contributed by atoms with Gasteiger partial charge in [-0.25, -0.2) is 4.68 Å². The van der Waals surface area contributed by atoms with Gasteiger partial charge in [-0.1, -0.05) is 22.9 Å². The number of ether oxygens (including phenoxy) is 1. The molecule has 1 saturated heterocycles. The molecule has 0 aromatic carbocycles. The fourth-order valence-electron chi connectivity index (χ4n) is 5.77. The zero-order chi connectivity index (χ0) is 26.8. The highest BCUT2D eigenvalue weighted by molar-refractivity contribution is 7.21. The standard InChI is InChI=1S/C28H31ClN6O2S/c1-15-7-6-10-30-21(15)24(17-8-11-37-12-9-17)35-19-13-18(23-16(2)32-33-34(23)5)14-31-22(19)26-25(35)20(29)27(38-26)28(3,4)36/h6-7,10,13-14,17,24,36H,8-9,11-12H2,1-5H3. The van der Waals surface area contributed by atoms with Crippen molar-refractivity contribution in [2.24, 2.45) is 13.0 Å². The maximum Gasteiger partial charge on any atom is 0.106 e. The van der Waals surface area contributed by atoms with Crippen LogP contribution in [0.3, 0.4) is 0 Å². The molecule has 1 unspecified atom stereocenters. The summed E-state index contributed by atoms with van der Waals surface area (Å²) in [7, 11) is 1.89. The van der Waals surface area contributed by atoms with Gasteiger partial charge in [0.05, 0.1) is 54.4 Å². The number of halogens is 1. The molecule has 198 valence electrons. The molecule has 1 aliphatic rings. The Labute approximate surface area is 230 Å². The quantitative estimate of drug-likeness (QED) is 0.290. The number of aryl methyl sites for hydroxylation is 3. The molecular weight excluding hydrogens is 520 g/mol. The number of nitrogens with zero attached hydrogens (tertiary/aromatic N) is 6. The Morgan fingerprint density at radius 3 is 2.63 bits per heavy atom. The molecule has 0 bridgehead atoms. The monoisotopic (exact) mass is 550 g/mol. The van der Waals surface area contributed by atoms with Crippen molar-refractivity contribution >= 4 is 44.2 Å². The maximum atomic E-state index is 11.0. The lowest BCUT2D eigenvalue weighted by Gasteiger charge is -2.33. The molecule has 38 heavy (non-hydrogen) atoms. The first kappa shape index (κ1) is 25.4. The molecule has 8 nitrogen and oxygen atoms in total. The normalized spacial score (nSPS) is 16.1.